The maximum Gasteiger partial charge on any atom is 0.470 e. The van der Waals surface area contributed by atoms with Crippen LogP contribution < -0.4 is 0 Å². The quantitative estimate of drug-likeness (QED) is 0.109. The molecular weight excluding hydrogens is 627 g/mol. The molecule has 49 heavy (non-hydrogen) atoms. The molecule has 5 rings (SSSR count). The second kappa shape index (κ2) is 13.6. The van der Waals surface area contributed by atoms with E-state index in [4.69, 9.17) is 28.3 Å². The SMILES string of the molecule is COC(=O)C1(C(=O)OC)CC([C@@H]2CC(C(=O)OC)(C(=O)OC)C/C2=C\c2ccccc2)=C([C@H](B2OC(C)(C)C(C)(C)O2)c2ccccc2)C1. The van der Waals surface area contributed by atoms with Crippen molar-refractivity contribution in [3.63, 3.8) is 0 Å². The minimum Gasteiger partial charge on any atom is -0.468 e. The lowest BCUT2D eigenvalue weighted by Crippen LogP contribution is -2.41. The maximum atomic E-state index is 13.8. The second-order valence-electron chi connectivity index (χ2n) is 14.1. The Balaban J connectivity index is 1.81. The number of allylic oxidation sites excluding steroid dienone is 3. The number of hydrogen-bond acceptors (Lipinski definition) is 10. The Morgan fingerprint density at radius 1 is 0.694 bits per heavy atom. The summed E-state index contributed by atoms with van der Waals surface area (Å²) in [6.45, 7) is 7.85. The Hall–Kier alpha value is -4.22. The highest BCUT2D eigenvalue weighted by Crippen LogP contribution is 2.59. The van der Waals surface area contributed by atoms with Gasteiger partial charge in [0.1, 0.15) is 0 Å². The Morgan fingerprint density at radius 2 is 1.16 bits per heavy atom. The fourth-order valence-electron chi connectivity index (χ4n) is 7.64. The van der Waals surface area contributed by atoms with Crippen LogP contribution in [0.15, 0.2) is 77.4 Å². The molecule has 1 saturated heterocycles. The van der Waals surface area contributed by atoms with Crippen LogP contribution >= 0.6 is 0 Å². The fraction of sp³-hybridized carbons (Fsp3) is 0.474. The average molecular weight is 673 g/mol. The Labute approximate surface area is 288 Å². The Bertz CT molecular complexity index is 1610. The molecule has 11 heteroatoms. The Morgan fingerprint density at radius 3 is 1.65 bits per heavy atom. The van der Waals surface area contributed by atoms with E-state index in [2.05, 4.69) is 0 Å². The van der Waals surface area contributed by atoms with Gasteiger partial charge >= 0.3 is 31.0 Å². The smallest absolute Gasteiger partial charge is 0.468 e. The van der Waals surface area contributed by atoms with Crippen molar-refractivity contribution in [2.24, 2.45) is 16.7 Å². The Kier molecular flexibility index (Phi) is 10.0. The zero-order valence-corrected chi connectivity index (χ0v) is 29.5. The van der Waals surface area contributed by atoms with Crippen molar-refractivity contribution in [2.45, 2.75) is 70.4 Å². The van der Waals surface area contributed by atoms with Crippen LogP contribution in [0, 0.1) is 16.7 Å². The van der Waals surface area contributed by atoms with E-state index in [1.807, 2.05) is 94.4 Å². The summed E-state index contributed by atoms with van der Waals surface area (Å²) in [6, 6.07) is 19.2. The van der Waals surface area contributed by atoms with Crippen molar-refractivity contribution in [3.05, 3.63) is 88.5 Å². The van der Waals surface area contributed by atoms with Crippen LogP contribution in [0.25, 0.3) is 6.08 Å². The van der Waals surface area contributed by atoms with Crippen LogP contribution in [-0.2, 0) is 47.4 Å². The van der Waals surface area contributed by atoms with E-state index in [-0.39, 0.29) is 25.7 Å². The number of rotatable bonds is 9. The van der Waals surface area contributed by atoms with E-state index in [1.54, 1.807) is 0 Å². The number of ether oxygens (including phenoxy) is 4. The summed E-state index contributed by atoms with van der Waals surface area (Å²) in [5, 5.41) is 0. The lowest BCUT2D eigenvalue weighted by molar-refractivity contribution is -0.170. The third kappa shape index (κ3) is 6.23. The summed E-state index contributed by atoms with van der Waals surface area (Å²) < 4.78 is 34.3. The minimum absolute atomic E-state index is 0.00680. The zero-order valence-electron chi connectivity index (χ0n) is 29.5. The standard InChI is InChI=1S/C38H45BO10/c1-35(2)36(3,4)49-39(48-35)30(25-17-13-10-14-18-25)29-23-38(33(42)46-7,34(43)47-8)22-28(29)27-21-37(31(40)44-5,32(41)45-6)20-26(27)19-24-15-11-9-12-16-24/h9-19,27,30H,20-23H2,1-8H3/b26-19+/t27-,30-/m1/s1. The van der Waals surface area contributed by atoms with Crippen LogP contribution in [0.2, 0.25) is 0 Å². The summed E-state index contributed by atoms with van der Waals surface area (Å²) >= 11 is 0. The number of methoxy groups -OCH3 is 4. The normalized spacial score (nSPS) is 23.2. The predicted molar refractivity (Wildman–Crippen MR) is 182 cm³/mol. The van der Waals surface area contributed by atoms with Gasteiger partial charge in [-0.2, -0.15) is 0 Å². The molecule has 260 valence electrons. The van der Waals surface area contributed by atoms with Gasteiger partial charge in [0.05, 0.1) is 39.6 Å². The van der Waals surface area contributed by atoms with E-state index in [0.717, 1.165) is 22.3 Å². The second-order valence-corrected chi connectivity index (χ2v) is 14.1. The van der Waals surface area contributed by atoms with Crippen molar-refractivity contribution in [1.29, 1.82) is 0 Å². The van der Waals surface area contributed by atoms with Gasteiger partial charge in [0, 0.05) is 11.7 Å². The summed E-state index contributed by atoms with van der Waals surface area (Å²) in [7, 11) is 4.15. The van der Waals surface area contributed by atoms with Crippen LogP contribution in [0.4, 0.5) is 0 Å². The lowest BCUT2D eigenvalue weighted by Gasteiger charge is -2.32. The van der Waals surface area contributed by atoms with Crippen molar-refractivity contribution < 1.29 is 47.4 Å². The minimum atomic E-state index is -1.73. The number of carbonyl (C=O) groups is 4. The molecule has 1 aliphatic heterocycles. The average Bonchev–Trinajstić information content (AvgIpc) is 3.74. The largest absolute Gasteiger partial charge is 0.470 e. The molecule has 0 radical (unpaired) electrons. The number of esters is 4. The first kappa shape index (κ1) is 36.1. The van der Waals surface area contributed by atoms with Gasteiger partial charge in [-0.25, -0.2) is 0 Å². The molecular formula is C38H45BO10. The summed E-state index contributed by atoms with van der Waals surface area (Å²) in [5.41, 5.74) is -0.910. The van der Waals surface area contributed by atoms with Crippen LogP contribution in [0.1, 0.15) is 70.3 Å². The lowest BCUT2D eigenvalue weighted by atomic mass is 9.62. The molecule has 10 nitrogen and oxygen atoms in total. The highest BCUT2D eigenvalue weighted by atomic mass is 16.7. The third-order valence-corrected chi connectivity index (χ3v) is 10.9. The van der Waals surface area contributed by atoms with Gasteiger partial charge in [0.15, 0.2) is 10.8 Å². The topological polar surface area (TPSA) is 124 Å². The molecule has 3 aliphatic rings. The van der Waals surface area contributed by atoms with Crippen LogP contribution in [0.5, 0.6) is 0 Å². The summed E-state index contributed by atoms with van der Waals surface area (Å²) in [5.74, 6) is -4.11. The molecule has 1 saturated carbocycles. The highest BCUT2D eigenvalue weighted by Gasteiger charge is 2.63. The molecule has 0 aromatic heterocycles. The van der Waals surface area contributed by atoms with E-state index in [1.165, 1.54) is 28.4 Å². The van der Waals surface area contributed by atoms with Crippen molar-refractivity contribution in [1.82, 2.24) is 0 Å². The van der Waals surface area contributed by atoms with E-state index >= 15 is 0 Å². The van der Waals surface area contributed by atoms with Gasteiger partial charge < -0.3 is 28.3 Å². The monoisotopic (exact) mass is 672 g/mol. The maximum absolute atomic E-state index is 13.8. The van der Waals surface area contributed by atoms with Crippen molar-refractivity contribution in [2.75, 3.05) is 28.4 Å². The zero-order chi connectivity index (χ0) is 35.8. The van der Waals surface area contributed by atoms with E-state index < -0.39 is 64.8 Å². The molecule has 2 aromatic rings. The van der Waals surface area contributed by atoms with Crippen LogP contribution in [0.3, 0.4) is 0 Å². The van der Waals surface area contributed by atoms with E-state index in [0.29, 0.717) is 5.57 Å². The van der Waals surface area contributed by atoms with Gasteiger partial charge in [-0.05, 0) is 64.5 Å². The number of carbonyl (C=O) groups excluding carboxylic acids is 4. The molecule has 1 heterocycles. The van der Waals surface area contributed by atoms with Gasteiger partial charge in [-0.15, -0.1) is 0 Å². The number of hydrogen-bond donors (Lipinski definition) is 0. The molecule has 0 unspecified atom stereocenters. The van der Waals surface area contributed by atoms with Gasteiger partial charge in [-0.1, -0.05) is 83.5 Å². The molecule has 2 fully saturated rings. The first-order valence-electron chi connectivity index (χ1n) is 16.4. The summed E-state index contributed by atoms with van der Waals surface area (Å²) in [6.07, 6.45) is 1.83. The van der Waals surface area contributed by atoms with Crippen molar-refractivity contribution >= 4 is 37.1 Å². The first-order valence-corrected chi connectivity index (χ1v) is 16.4. The molecule has 2 atom stereocenters. The molecule has 0 amide bonds. The molecule has 0 N–H and O–H groups in total. The van der Waals surface area contributed by atoms with Crippen molar-refractivity contribution in [3.8, 4) is 0 Å². The molecule has 0 bridgehead atoms. The molecule has 2 aliphatic carbocycles. The molecule has 2 aromatic carbocycles. The van der Waals surface area contributed by atoms with Crippen LogP contribution in [-0.4, -0.2) is 70.6 Å². The first-order chi connectivity index (χ1) is 23.2. The number of benzene rings is 2. The van der Waals surface area contributed by atoms with Gasteiger partial charge in [0.25, 0.3) is 0 Å². The fourth-order valence-corrected chi connectivity index (χ4v) is 7.64. The predicted octanol–water partition coefficient (Wildman–Crippen LogP) is 5.65. The third-order valence-electron chi connectivity index (χ3n) is 10.9. The summed E-state index contributed by atoms with van der Waals surface area (Å²) in [4.78, 5) is 54.7. The van der Waals surface area contributed by atoms with Gasteiger partial charge in [0.2, 0.25) is 0 Å². The highest BCUT2D eigenvalue weighted by molar-refractivity contribution is 6.48. The van der Waals surface area contributed by atoms with Gasteiger partial charge in [-0.3, -0.25) is 19.2 Å². The van der Waals surface area contributed by atoms with E-state index in [9.17, 15) is 19.2 Å². The molecule has 0 spiro atoms.